The normalized spacial score (nSPS) is 15.2. The molecule has 2 aromatic carbocycles. The topological polar surface area (TPSA) is 66.5 Å². The highest BCUT2D eigenvalue weighted by Gasteiger charge is 2.31. The predicted molar refractivity (Wildman–Crippen MR) is 118 cm³/mol. The van der Waals surface area contributed by atoms with E-state index in [9.17, 15) is 14.4 Å². The highest BCUT2D eigenvalue weighted by molar-refractivity contribution is 7.17. The molecule has 2 aliphatic rings. The molecule has 0 radical (unpaired) electrons. The van der Waals surface area contributed by atoms with Crippen LogP contribution in [-0.2, 0) is 22.4 Å². The lowest BCUT2D eigenvalue weighted by atomic mass is 9.91. The Labute approximate surface area is 178 Å². The fourth-order valence-corrected chi connectivity index (χ4v) is 5.38. The van der Waals surface area contributed by atoms with Crippen LogP contribution >= 0.6 is 11.3 Å². The van der Waals surface area contributed by atoms with Crippen molar-refractivity contribution in [1.29, 1.82) is 0 Å². The number of thiophene rings is 1. The maximum Gasteiger partial charge on any atom is 0.265 e. The summed E-state index contributed by atoms with van der Waals surface area (Å²) in [7, 11) is 0. The third kappa shape index (κ3) is 3.04. The molecule has 6 heteroatoms. The summed E-state index contributed by atoms with van der Waals surface area (Å²) in [4.78, 5) is 40.3. The lowest BCUT2D eigenvalue weighted by Gasteiger charge is -2.19. The van der Waals surface area contributed by atoms with Gasteiger partial charge in [0.05, 0.1) is 10.6 Å². The van der Waals surface area contributed by atoms with Gasteiger partial charge >= 0.3 is 0 Å². The van der Waals surface area contributed by atoms with Gasteiger partial charge in [-0.3, -0.25) is 19.3 Å². The Balaban J connectivity index is 1.44. The number of nitrogens with one attached hydrogen (secondary N) is 1. The minimum Gasteiger partial charge on any atom is -0.321 e. The van der Waals surface area contributed by atoms with Gasteiger partial charge in [-0.1, -0.05) is 30.3 Å². The smallest absolute Gasteiger partial charge is 0.265 e. The molecule has 150 valence electrons. The average Bonchev–Trinajstić information content (AvgIpc) is 3.33. The molecule has 5 nitrogen and oxygen atoms in total. The molecule has 30 heavy (non-hydrogen) atoms. The van der Waals surface area contributed by atoms with Gasteiger partial charge in [-0.2, -0.15) is 0 Å². The molecular formula is C24H20N2O3S. The number of hydrogen-bond acceptors (Lipinski definition) is 4. The molecule has 1 N–H and O–H groups in total. The highest BCUT2D eigenvalue weighted by Crippen LogP contribution is 2.40. The van der Waals surface area contributed by atoms with Crippen LogP contribution in [0.4, 0.5) is 11.4 Å². The van der Waals surface area contributed by atoms with Crippen molar-refractivity contribution in [3.8, 4) is 10.4 Å². The van der Waals surface area contributed by atoms with Gasteiger partial charge in [0.15, 0.2) is 0 Å². The van der Waals surface area contributed by atoms with Crippen LogP contribution in [0.5, 0.6) is 0 Å². The number of aryl methyl sites for hydroxylation is 2. The van der Waals surface area contributed by atoms with E-state index in [4.69, 9.17) is 0 Å². The molecule has 3 amide bonds. The van der Waals surface area contributed by atoms with Crippen molar-refractivity contribution >= 4 is 40.4 Å². The van der Waals surface area contributed by atoms with Gasteiger partial charge in [0, 0.05) is 23.4 Å². The van der Waals surface area contributed by atoms with E-state index < -0.39 is 0 Å². The zero-order valence-corrected chi connectivity index (χ0v) is 17.3. The summed E-state index contributed by atoms with van der Waals surface area (Å²) in [5, 5.41) is 2.98. The van der Waals surface area contributed by atoms with Crippen LogP contribution in [0, 0.1) is 6.92 Å². The summed E-state index contributed by atoms with van der Waals surface area (Å²) in [6, 6.07) is 15.6. The van der Waals surface area contributed by atoms with E-state index in [0.717, 1.165) is 12.8 Å². The molecular weight excluding hydrogens is 396 g/mol. The second kappa shape index (κ2) is 7.22. The van der Waals surface area contributed by atoms with Crippen LogP contribution in [0.25, 0.3) is 10.4 Å². The fraction of sp³-hybridized carbons (Fsp3) is 0.208. The Hall–Kier alpha value is -3.25. The lowest BCUT2D eigenvalue weighted by molar-refractivity contribution is -0.121. The number of imide groups is 1. The first-order valence-corrected chi connectivity index (χ1v) is 10.8. The first-order valence-electron chi connectivity index (χ1n) is 10.0. The Bertz CT molecular complexity index is 1190. The summed E-state index contributed by atoms with van der Waals surface area (Å²) < 4.78 is 0. The van der Waals surface area contributed by atoms with Crippen molar-refractivity contribution in [2.24, 2.45) is 0 Å². The van der Waals surface area contributed by atoms with Gasteiger partial charge in [-0.25, -0.2) is 0 Å². The number of nitrogens with zero attached hydrogens (tertiary/aromatic N) is 1. The largest absolute Gasteiger partial charge is 0.321 e. The van der Waals surface area contributed by atoms with Crippen LogP contribution < -0.4 is 10.2 Å². The summed E-state index contributed by atoms with van der Waals surface area (Å²) in [5.41, 5.74) is 5.61. The van der Waals surface area contributed by atoms with E-state index in [2.05, 4.69) is 23.5 Å². The van der Waals surface area contributed by atoms with Crippen LogP contribution in [0.15, 0.2) is 48.5 Å². The summed E-state index contributed by atoms with van der Waals surface area (Å²) in [5.74, 6) is -0.571. The Morgan fingerprint density at radius 1 is 0.933 bits per heavy atom. The number of amides is 3. The summed E-state index contributed by atoms with van der Waals surface area (Å²) in [6.45, 7) is 1.82. The quantitative estimate of drug-likeness (QED) is 0.628. The molecule has 2 heterocycles. The maximum atomic E-state index is 13.0. The molecule has 1 aliphatic carbocycles. The highest BCUT2D eigenvalue weighted by atomic mass is 32.1. The van der Waals surface area contributed by atoms with Gasteiger partial charge in [0.1, 0.15) is 0 Å². The zero-order chi connectivity index (χ0) is 20.8. The van der Waals surface area contributed by atoms with Gasteiger partial charge in [0.25, 0.3) is 5.91 Å². The van der Waals surface area contributed by atoms with Gasteiger partial charge in [0.2, 0.25) is 11.8 Å². The zero-order valence-electron chi connectivity index (χ0n) is 16.5. The number of carbonyl (C=O) groups is 3. The summed E-state index contributed by atoms with van der Waals surface area (Å²) >= 11 is 1.51. The van der Waals surface area contributed by atoms with E-state index in [1.807, 2.05) is 19.1 Å². The van der Waals surface area contributed by atoms with E-state index >= 15 is 0 Å². The van der Waals surface area contributed by atoms with Crippen LogP contribution in [0.3, 0.4) is 0 Å². The lowest BCUT2D eigenvalue weighted by Crippen LogP contribution is -2.29. The molecule has 0 bridgehead atoms. The van der Waals surface area contributed by atoms with E-state index in [0.29, 0.717) is 21.8 Å². The van der Waals surface area contributed by atoms with Gasteiger partial charge < -0.3 is 5.32 Å². The molecule has 3 aromatic rings. The Morgan fingerprint density at radius 3 is 2.47 bits per heavy atom. The molecule has 1 aliphatic heterocycles. The molecule has 0 saturated carbocycles. The van der Waals surface area contributed by atoms with Crippen molar-refractivity contribution in [3.63, 3.8) is 0 Å². The van der Waals surface area contributed by atoms with Crippen molar-refractivity contribution in [2.75, 3.05) is 10.2 Å². The second-order valence-corrected chi connectivity index (χ2v) is 8.70. The molecule has 0 atom stereocenters. The second-order valence-electron chi connectivity index (χ2n) is 7.65. The van der Waals surface area contributed by atoms with Crippen LogP contribution in [-0.4, -0.2) is 17.7 Å². The molecule has 0 spiro atoms. The Morgan fingerprint density at radius 2 is 1.67 bits per heavy atom. The third-order valence-electron chi connectivity index (χ3n) is 5.80. The van der Waals surface area contributed by atoms with E-state index in [1.165, 1.54) is 37.8 Å². The average molecular weight is 417 g/mol. The van der Waals surface area contributed by atoms with Gasteiger partial charge in [-0.15, -0.1) is 11.3 Å². The molecule has 5 rings (SSSR count). The Kier molecular flexibility index (Phi) is 4.51. The fourth-order valence-electron chi connectivity index (χ4n) is 4.21. The standard InChI is InChI=1S/C24H20N2O3S/c1-14-18(7-4-8-19(14)26-21(27)11-12-22(26)28)25-24(29)20-13-16-10-9-15-5-2-3-6-17(15)23(16)30-20/h2-8,13H,9-12H2,1H3,(H,25,29). The maximum absolute atomic E-state index is 13.0. The molecule has 0 unspecified atom stereocenters. The number of rotatable bonds is 3. The first kappa shape index (κ1) is 18.8. The van der Waals surface area contributed by atoms with E-state index in [1.54, 1.807) is 18.2 Å². The molecule has 1 saturated heterocycles. The first-order chi connectivity index (χ1) is 14.5. The van der Waals surface area contributed by atoms with Gasteiger partial charge in [-0.05, 0) is 60.2 Å². The summed E-state index contributed by atoms with van der Waals surface area (Å²) in [6.07, 6.45) is 2.39. The molecule has 1 aromatic heterocycles. The number of fused-ring (bicyclic) bond motifs is 3. The third-order valence-corrected chi connectivity index (χ3v) is 7.01. The van der Waals surface area contributed by atoms with Crippen molar-refractivity contribution in [3.05, 3.63) is 70.1 Å². The van der Waals surface area contributed by atoms with Crippen molar-refractivity contribution in [1.82, 2.24) is 0 Å². The number of hydrogen-bond donors (Lipinski definition) is 1. The SMILES string of the molecule is Cc1c(NC(=O)c2cc3c(s2)-c2ccccc2CC3)cccc1N1C(=O)CCC1=O. The monoisotopic (exact) mass is 416 g/mol. The molecule has 1 fully saturated rings. The predicted octanol–water partition coefficient (Wildman–Crippen LogP) is 4.73. The minimum atomic E-state index is -0.198. The number of benzene rings is 2. The minimum absolute atomic E-state index is 0.175. The van der Waals surface area contributed by atoms with Crippen LogP contribution in [0.1, 0.15) is 39.2 Å². The van der Waals surface area contributed by atoms with Crippen LogP contribution in [0.2, 0.25) is 0 Å². The number of carbonyl (C=O) groups excluding carboxylic acids is 3. The number of anilines is 2. The van der Waals surface area contributed by atoms with E-state index in [-0.39, 0.29) is 30.6 Å². The van der Waals surface area contributed by atoms with Crippen molar-refractivity contribution < 1.29 is 14.4 Å². The van der Waals surface area contributed by atoms with Crippen molar-refractivity contribution in [2.45, 2.75) is 32.6 Å².